The van der Waals surface area contributed by atoms with Crippen molar-refractivity contribution < 1.29 is 0 Å². The molecule has 0 N–H and O–H groups in total. The van der Waals surface area contributed by atoms with E-state index in [0.29, 0.717) is 0 Å². The van der Waals surface area contributed by atoms with E-state index >= 15 is 0 Å². The molecule has 0 spiro atoms. The van der Waals surface area contributed by atoms with Crippen LogP contribution < -0.4 is 0 Å². The highest BCUT2D eigenvalue weighted by molar-refractivity contribution is 14.1. The molecule has 0 nitrogen and oxygen atoms in total. The summed E-state index contributed by atoms with van der Waals surface area (Å²) in [5.74, 6) is 0.899. The van der Waals surface area contributed by atoms with Gasteiger partial charge in [0, 0.05) is 0 Å². The van der Waals surface area contributed by atoms with Crippen LogP contribution in [0.25, 0.3) is 0 Å². The van der Waals surface area contributed by atoms with Gasteiger partial charge >= 0.3 is 0 Å². The molecule has 0 saturated carbocycles. The fourth-order valence-corrected chi connectivity index (χ4v) is 3.66. The first-order valence-electron chi connectivity index (χ1n) is 10.3. The smallest absolute Gasteiger partial charge is 0.000473 e. The largest absolute Gasteiger partial charge is 0.0864 e. The molecule has 0 radical (unpaired) electrons. The van der Waals surface area contributed by atoms with E-state index in [1.807, 2.05) is 0 Å². The van der Waals surface area contributed by atoms with Crippen LogP contribution >= 0.6 is 22.6 Å². The fourth-order valence-electron chi connectivity index (χ4n) is 3.12. The molecule has 0 rings (SSSR count). The Morgan fingerprint density at radius 1 is 0.455 bits per heavy atom. The Hall–Kier alpha value is 0.730. The third-order valence-corrected chi connectivity index (χ3v) is 5.43. The predicted octanol–water partition coefficient (Wildman–Crippen LogP) is 8.71. The summed E-state index contributed by atoms with van der Waals surface area (Å²) in [4.78, 5) is 0. The number of rotatable bonds is 18. The van der Waals surface area contributed by atoms with E-state index in [-0.39, 0.29) is 0 Å². The summed E-state index contributed by atoms with van der Waals surface area (Å²) >= 11 is 2.49. The van der Waals surface area contributed by atoms with Crippen LogP contribution in [0.15, 0.2) is 0 Å². The normalized spacial score (nSPS) is 11.5. The third-order valence-electron chi connectivity index (χ3n) is 4.67. The molecule has 0 heterocycles. The van der Waals surface area contributed by atoms with E-state index in [4.69, 9.17) is 0 Å². The molecular formula is C21H43I. The van der Waals surface area contributed by atoms with Crippen molar-refractivity contribution >= 4 is 22.6 Å². The van der Waals surface area contributed by atoms with Crippen LogP contribution in [-0.4, -0.2) is 4.43 Å². The average molecular weight is 422 g/mol. The molecule has 0 fully saturated rings. The molecule has 134 valence electrons. The lowest BCUT2D eigenvalue weighted by Gasteiger charge is -2.05. The number of unbranched alkanes of at least 4 members (excludes halogenated alkanes) is 15. The summed E-state index contributed by atoms with van der Waals surface area (Å²) in [6, 6.07) is 0. The second-order valence-electron chi connectivity index (χ2n) is 7.53. The van der Waals surface area contributed by atoms with E-state index in [1.54, 1.807) is 0 Å². The predicted molar refractivity (Wildman–Crippen MR) is 112 cm³/mol. The van der Waals surface area contributed by atoms with Crippen LogP contribution in [0.1, 0.15) is 123 Å². The maximum atomic E-state index is 2.49. The fraction of sp³-hybridized carbons (Fsp3) is 1.00. The molecule has 0 aromatic heterocycles. The first-order chi connectivity index (χ1) is 10.8. The van der Waals surface area contributed by atoms with Crippen LogP contribution in [0.4, 0.5) is 0 Å². The highest BCUT2D eigenvalue weighted by Gasteiger charge is 1.96. The van der Waals surface area contributed by atoms with E-state index in [1.165, 1.54) is 114 Å². The van der Waals surface area contributed by atoms with Gasteiger partial charge in [0.1, 0.15) is 0 Å². The second kappa shape index (κ2) is 19.8. The molecule has 0 aliphatic carbocycles. The van der Waals surface area contributed by atoms with Gasteiger partial charge in [-0.05, 0) is 16.8 Å². The summed E-state index contributed by atoms with van der Waals surface area (Å²) in [5.41, 5.74) is 0. The number of halogens is 1. The Morgan fingerprint density at radius 2 is 0.727 bits per heavy atom. The lowest BCUT2D eigenvalue weighted by molar-refractivity contribution is 0.502. The van der Waals surface area contributed by atoms with Crippen LogP contribution in [0.5, 0.6) is 0 Å². The second-order valence-corrected chi connectivity index (χ2v) is 8.61. The highest BCUT2D eigenvalue weighted by Crippen LogP contribution is 2.15. The van der Waals surface area contributed by atoms with Gasteiger partial charge in [-0.25, -0.2) is 0 Å². The minimum Gasteiger partial charge on any atom is -0.0864 e. The summed E-state index contributed by atoms with van der Waals surface area (Å²) in [7, 11) is 0. The molecule has 0 atom stereocenters. The molecule has 0 unspecified atom stereocenters. The lowest BCUT2D eigenvalue weighted by atomic mass is 10.0. The topological polar surface area (TPSA) is 0 Å². The summed E-state index contributed by atoms with van der Waals surface area (Å²) < 4.78 is 1.34. The molecule has 0 bridgehead atoms. The van der Waals surface area contributed by atoms with Crippen molar-refractivity contribution in [2.75, 3.05) is 4.43 Å². The molecule has 0 amide bonds. The van der Waals surface area contributed by atoms with Crippen LogP contribution in [0.2, 0.25) is 0 Å². The first-order valence-corrected chi connectivity index (χ1v) is 11.9. The van der Waals surface area contributed by atoms with E-state index < -0.39 is 0 Å². The Balaban J connectivity index is 2.94. The maximum absolute atomic E-state index is 2.49. The number of alkyl halides is 1. The van der Waals surface area contributed by atoms with Gasteiger partial charge in [0.15, 0.2) is 0 Å². The monoisotopic (exact) mass is 422 g/mol. The van der Waals surface area contributed by atoms with Gasteiger partial charge in [-0.3, -0.25) is 0 Å². The molecule has 0 aliphatic heterocycles. The van der Waals surface area contributed by atoms with Crippen molar-refractivity contribution in [1.82, 2.24) is 0 Å². The highest BCUT2D eigenvalue weighted by atomic mass is 127. The Morgan fingerprint density at radius 3 is 1.00 bits per heavy atom. The molecule has 0 aliphatic rings. The summed E-state index contributed by atoms with van der Waals surface area (Å²) in [6.45, 7) is 4.68. The number of hydrogen-bond acceptors (Lipinski definition) is 0. The molecule has 22 heavy (non-hydrogen) atoms. The van der Waals surface area contributed by atoms with Crippen molar-refractivity contribution in [3.05, 3.63) is 0 Å². The zero-order valence-electron chi connectivity index (χ0n) is 15.7. The SMILES string of the molecule is CC(C)CCCCCCCCCCCCCCCCCCI. The van der Waals surface area contributed by atoms with Gasteiger partial charge in [0.05, 0.1) is 0 Å². The number of hydrogen-bond donors (Lipinski definition) is 0. The average Bonchev–Trinajstić information content (AvgIpc) is 2.50. The van der Waals surface area contributed by atoms with Crippen molar-refractivity contribution in [3.63, 3.8) is 0 Å². The maximum Gasteiger partial charge on any atom is -0.000473 e. The van der Waals surface area contributed by atoms with Gasteiger partial charge in [-0.1, -0.05) is 139 Å². The Kier molecular flexibility index (Phi) is 20.4. The summed E-state index contributed by atoms with van der Waals surface area (Å²) in [5, 5.41) is 0. The van der Waals surface area contributed by atoms with Crippen LogP contribution in [-0.2, 0) is 0 Å². The van der Waals surface area contributed by atoms with Gasteiger partial charge in [-0.15, -0.1) is 0 Å². The molecule has 0 aromatic rings. The van der Waals surface area contributed by atoms with Crippen molar-refractivity contribution in [2.24, 2.45) is 5.92 Å². The zero-order chi connectivity index (χ0) is 16.3. The van der Waals surface area contributed by atoms with Gasteiger partial charge < -0.3 is 0 Å². The Labute approximate surface area is 155 Å². The molecule has 0 saturated heterocycles. The Bertz CT molecular complexity index is 188. The van der Waals surface area contributed by atoms with Crippen LogP contribution in [0.3, 0.4) is 0 Å². The third kappa shape index (κ3) is 20.7. The molecular weight excluding hydrogens is 379 g/mol. The standard InChI is InChI=1S/C21H43I/c1-21(2)19-17-15-13-11-9-7-5-3-4-6-8-10-12-14-16-18-20-22/h21H,3-20H2,1-2H3. The van der Waals surface area contributed by atoms with Gasteiger partial charge in [0.25, 0.3) is 0 Å². The zero-order valence-corrected chi connectivity index (χ0v) is 17.8. The van der Waals surface area contributed by atoms with Crippen molar-refractivity contribution in [2.45, 2.75) is 123 Å². The molecule has 0 aromatic carbocycles. The first kappa shape index (κ1) is 22.7. The minimum absolute atomic E-state index is 0.899. The van der Waals surface area contributed by atoms with E-state index in [2.05, 4.69) is 36.4 Å². The quantitative estimate of drug-likeness (QED) is 0.118. The van der Waals surface area contributed by atoms with E-state index in [0.717, 1.165) is 5.92 Å². The molecule has 1 heteroatoms. The van der Waals surface area contributed by atoms with Crippen molar-refractivity contribution in [3.8, 4) is 0 Å². The van der Waals surface area contributed by atoms with E-state index in [9.17, 15) is 0 Å². The van der Waals surface area contributed by atoms with Crippen LogP contribution in [0, 0.1) is 5.92 Å². The van der Waals surface area contributed by atoms with Gasteiger partial charge in [-0.2, -0.15) is 0 Å². The lowest BCUT2D eigenvalue weighted by Crippen LogP contribution is -1.87. The van der Waals surface area contributed by atoms with Crippen molar-refractivity contribution in [1.29, 1.82) is 0 Å². The summed E-state index contributed by atoms with van der Waals surface area (Å²) in [6.07, 6.45) is 25.0. The van der Waals surface area contributed by atoms with Gasteiger partial charge in [0.2, 0.25) is 0 Å². The minimum atomic E-state index is 0.899.